The summed E-state index contributed by atoms with van der Waals surface area (Å²) in [7, 11) is 0. The highest BCUT2D eigenvalue weighted by Gasteiger charge is 1.99. The van der Waals surface area contributed by atoms with Gasteiger partial charge in [-0.1, -0.05) is 11.6 Å². The summed E-state index contributed by atoms with van der Waals surface area (Å²) in [6, 6.07) is 6.24. The SMILES string of the molecule is N#Cc1cc(F)[c]cc1Cl. The predicted octanol–water partition coefficient (Wildman–Crippen LogP) is 2.15. The molecule has 0 amide bonds. The largest absolute Gasteiger partial charge is 0.206 e. The van der Waals surface area contributed by atoms with Gasteiger partial charge in [0, 0.05) is 6.07 Å². The molecule has 0 fully saturated rings. The Bertz CT molecular complexity index is 290. The van der Waals surface area contributed by atoms with Gasteiger partial charge < -0.3 is 0 Å². The van der Waals surface area contributed by atoms with E-state index in [1.165, 1.54) is 6.07 Å². The molecule has 10 heavy (non-hydrogen) atoms. The summed E-state index contributed by atoms with van der Waals surface area (Å²) >= 11 is 5.48. The average molecular weight is 155 g/mol. The van der Waals surface area contributed by atoms with Crippen molar-refractivity contribution in [3.8, 4) is 6.07 Å². The first-order valence-electron chi connectivity index (χ1n) is 2.51. The Labute approximate surface area is 62.7 Å². The van der Waals surface area contributed by atoms with Gasteiger partial charge in [-0.05, 0) is 12.1 Å². The molecule has 0 spiro atoms. The lowest BCUT2D eigenvalue weighted by Crippen LogP contribution is -1.79. The Balaban J connectivity index is 3.25. The van der Waals surface area contributed by atoms with Crippen LogP contribution in [0.25, 0.3) is 0 Å². The van der Waals surface area contributed by atoms with Crippen LogP contribution >= 0.6 is 11.6 Å². The zero-order valence-corrected chi connectivity index (χ0v) is 5.61. The van der Waals surface area contributed by atoms with Crippen LogP contribution in [0.2, 0.25) is 5.02 Å². The molecule has 1 radical (unpaired) electrons. The lowest BCUT2D eigenvalue weighted by molar-refractivity contribution is 0.625. The molecule has 0 N–H and O–H groups in total. The van der Waals surface area contributed by atoms with Crippen LogP contribution in [0.1, 0.15) is 5.56 Å². The summed E-state index contributed by atoms with van der Waals surface area (Å²) in [4.78, 5) is 0. The Morgan fingerprint density at radius 3 is 2.90 bits per heavy atom. The van der Waals surface area contributed by atoms with E-state index in [1.54, 1.807) is 6.07 Å². The minimum Gasteiger partial charge on any atom is -0.206 e. The van der Waals surface area contributed by atoms with Crippen LogP contribution < -0.4 is 0 Å². The van der Waals surface area contributed by atoms with Gasteiger partial charge >= 0.3 is 0 Å². The van der Waals surface area contributed by atoms with Crippen molar-refractivity contribution < 1.29 is 4.39 Å². The summed E-state index contributed by atoms with van der Waals surface area (Å²) in [5, 5.41) is 8.55. The molecule has 0 aliphatic heterocycles. The van der Waals surface area contributed by atoms with Crippen LogP contribution in [0.4, 0.5) is 4.39 Å². The zero-order valence-electron chi connectivity index (χ0n) is 4.86. The topological polar surface area (TPSA) is 23.8 Å². The predicted molar refractivity (Wildman–Crippen MR) is 35.0 cm³/mol. The normalized spacial score (nSPS) is 8.90. The highest BCUT2D eigenvalue weighted by atomic mass is 35.5. The van der Waals surface area contributed by atoms with Gasteiger partial charge in [-0.15, -0.1) is 0 Å². The van der Waals surface area contributed by atoms with Crippen molar-refractivity contribution in [2.75, 3.05) is 0 Å². The van der Waals surface area contributed by atoms with Gasteiger partial charge in [0.2, 0.25) is 0 Å². The molecule has 1 nitrogen and oxygen atoms in total. The minimum absolute atomic E-state index is 0.137. The average Bonchev–Trinajstić information content (AvgIpc) is 1.94. The van der Waals surface area contributed by atoms with E-state index in [4.69, 9.17) is 16.9 Å². The van der Waals surface area contributed by atoms with E-state index >= 15 is 0 Å². The van der Waals surface area contributed by atoms with Crippen LogP contribution in [0.15, 0.2) is 12.1 Å². The van der Waals surface area contributed by atoms with Gasteiger partial charge in [0.15, 0.2) is 0 Å². The zero-order chi connectivity index (χ0) is 7.56. The fraction of sp³-hybridized carbons (Fsp3) is 0. The molecule has 0 saturated heterocycles. The summed E-state index contributed by atoms with van der Waals surface area (Å²) in [6.07, 6.45) is 0. The van der Waals surface area contributed by atoms with Crippen LogP contribution in [0.3, 0.4) is 0 Å². The van der Waals surface area contributed by atoms with E-state index in [0.29, 0.717) is 0 Å². The highest BCUT2D eigenvalue weighted by molar-refractivity contribution is 6.31. The molecule has 1 aromatic carbocycles. The molecule has 1 aromatic rings. The van der Waals surface area contributed by atoms with Crippen molar-refractivity contribution in [1.82, 2.24) is 0 Å². The van der Waals surface area contributed by atoms with Crippen molar-refractivity contribution in [2.45, 2.75) is 0 Å². The summed E-state index contributed by atoms with van der Waals surface area (Å²) in [6.45, 7) is 0. The van der Waals surface area contributed by atoms with Crippen molar-refractivity contribution in [3.05, 3.63) is 34.6 Å². The van der Waals surface area contributed by atoms with Crippen LogP contribution in [0.5, 0.6) is 0 Å². The molecule has 3 heteroatoms. The number of hydrogen-bond acceptors (Lipinski definition) is 1. The van der Waals surface area contributed by atoms with Crippen LogP contribution in [0, 0.1) is 23.2 Å². The maximum Gasteiger partial charge on any atom is 0.132 e. The third-order valence-electron chi connectivity index (χ3n) is 0.986. The quantitative estimate of drug-likeness (QED) is 0.562. The van der Waals surface area contributed by atoms with Crippen molar-refractivity contribution in [1.29, 1.82) is 5.26 Å². The van der Waals surface area contributed by atoms with E-state index < -0.39 is 5.82 Å². The highest BCUT2D eigenvalue weighted by Crippen LogP contribution is 2.14. The fourth-order valence-electron chi connectivity index (χ4n) is 0.533. The molecule has 0 unspecified atom stereocenters. The Hall–Kier alpha value is -1.07. The second-order valence-electron chi connectivity index (χ2n) is 1.65. The standard InChI is InChI=1S/C7H2ClFN/c8-7-2-1-6(9)3-5(7)4-10/h2-3H. The fourth-order valence-corrected chi connectivity index (χ4v) is 0.684. The van der Waals surface area contributed by atoms with Crippen LogP contribution in [-0.4, -0.2) is 0 Å². The molecule has 0 atom stereocenters. The third-order valence-corrected chi connectivity index (χ3v) is 1.30. The van der Waals surface area contributed by atoms with Crippen LogP contribution in [-0.2, 0) is 0 Å². The number of benzene rings is 1. The summed E-state index contributed by atoms with van der Waals surface area (Å²) in [5.41, 5.74) is 0.137. The number of hydrogen-bond donors (Lipinski definition) is 0. The summed E-state index contributed by atoms with van der Waals surface area (Å²) < 4.78 is 12.3. The minimum atomic E-state index is -0.569. The van der Waals surface area contributed by atoms with Gasteiger partial charge in [0.1, 0.15) is 11.9 Å². The van der Waals surface area contributed by atoms with E-state index in [9.17, 15) is 4.39 Å². The smallest absolute Gasteiger partial charge is 0.132 e. The lowest BCUT2D eigenvalue weighted by Gasteiger charge is -1.90. The maximum absolute atomic E-state index is 12.3. The molecule has 0 aliphatic carbocycles. The first-order valence-corrected chi connectivity index (χ1v) is 2.88. The second-order valence-corrected chi connectivity index (χ2v) is 2.06. The summed E-state index contributed by atoms with van der Waals surface area (Å²) in [5.74, 6) is -0.569. The molecular weight excluding hydrogens is 153 g/mol. The first kappa shape index (κ1) is 7.04. The van der Waals surface area contributed by atoms with E-state index in [1.807, 2.05) is 0 Å². The Morgan fingerprint density at radius 2 is 2.40 bits per heavy atom. The number of halogens is 2. The monoisotopic (exact) mass is 154 g/mol. The van der Waals surface area contributed by atoms with Gasteiger partial charge in [-0.25, -0.2) is 4.39 Å². The van der Waals surface area contributed by atoms with Gasteiger partial charge in [0.25, 0.3) is 0 Å². The van der Waals surface area contributed by atoms with E-state index in [-0.39, 0.29) is 10.6 Å². The molecule has 0 saturated carbocycles. The molecule has 0 heterocycles. The lowest BCUT2D eigenvalue weighted by atomic mass is 10.2. The van der Waals surface area contributed by atoms with Crippen molar-refractivity contribution in [2.24, 2.45) is 0 Å². The van der Waals surface area contributed by atoms with Crippen molar-refractivity contribution >= 4 is 11.6 Å². The van der Waals surface area contributed by atoms with E-state index in [2.05, 4.69) is 6.07 Å². The van der Waals surface area contributed by atoms with Gasteiger partial charge in [0.05, 0.1) is 10.6 Å². The Morgan fingerprint density at radius 1 is 1.70 bits per heavy atom. The molecule has 1 rings (SSSR count). The maximum atomic E-state index is 12.3. The number of rotatable bonds is 0. The van der Waals surface area contributed by atoms with E-state index in [0.717, 1.165) is 6.07 Å². The second kappa shape index (κ2) is 2.68. The molecule has 49 valence electrons. The number of nitriles is 1. The number of nitrogens with zero attached hydrogens (tertiary/aromatic N) is 1. The third kappa shape index (κ3) is 1.26. The van der Waals surface area contributed by atoms with Gasteiger partial charge in [-0.2, -0.15) is 5.26 Å². The van der Waals surface area contributed by atoms with Gasteiger partial charge in [-0.3, -0.25) is 0 Å². The molecular formula is C7H2ClFN. The molecule has 0 aliphatic rings. The Kier molecular flexibility index (Phi) is 1.88. The first-order chi connectivity index (χ1) is 4.74. The van der Waals surface area contributed by atoms with Crippen molar-refractivity contribution in [3.63, 3.8) is 0 Å². The molecule has 0 aromatic heterocycles. The molecule has 0 bridgehead atoms.